The Morgan fingerprint density at radius 2 is 1.90 bits per heavy atom. The van der Waals surface area contributed by atoms with Gasteiger partial charge in [-0.25, -0.2) is 9.37 Å². The molecule has 1 aromatic heterocycles. The second-order valence-electron chi connectivity index (χ2n) is 6.45. The van der Waals surface area contributed by atoms with Crippen molar-refractivity contribution in [2.75, 3.05) is 6.54 Å². The van der Waals surface area contributed by atoms with Gasteiger partial charge in [-0.2, -0.15) is 0 Å². The van der Waals surface area contributed by atoms with Gasteiger partial charge in [0.2, 0.25) is 0 Å². The molecule has 0 atom stereocenters. The number of hydrogen-bond donors (Lipinski definition) is 2. The number of carbonyl (C=O) groups is 2. The molecule has 2 aromatic carbocycles. The fourth-order valence-electron chi connectivity index (χ4n) is 2.70. The first kappa shape index (κ1) is 21.4. The van der Waals surface area contributed by atoms with Gasteiger partial charge >= 0.3 is 0 Å². The molecule has 0 saturated heterocycles. The van der Waals surface area contributed by atoms with Gasteiger partial charge in [0.25, 0.3) is 11.8 Å². The summed E-state index contributed by atoms with van der Waals surface area (Å²) in [6.07, 6.45) is 7.48. The molecule has 0 radical (unpaired) electrons. The van der Waals surface area contributed by atoms with E-state index in [2.05, 4.69) is 31.5 Å². The second-order valence-corrected chi connectivity index (χ2v) is 7.37. The van der Waals surface area contributed by atoms with Crippen molar-refractivity contribution in [3.05, 3.63) is 94.4 Å². The number of carbonyl (C=O) groups excluding carboxylic acids is 2. The highest BCUT2D eigenvalue weighted by Crippen LogP contribution is 2.14. The lowest BCUT2D eigenvalue weighted by Crippen LogP contribution is -2.35. The third-order valence-electron chi connectivity index (χ3n) is 4.23. The lowest BCUT2D eigenvalue weighted by atomic mass is 10.1. The number of nitrogens with one attached hydrogen (secondary N) is 2. The predicted molar refractivity (Wildman–Crippen MR) is 116 cm³/mol. The van der Waals surface area contributed by atoms with E-state index in [0.29, 0.717) is 19.5 Å². The highest BCUT2D eigenvalue weighted by Gasteiger charge is 2.16. The van der Waals surface area contributed by atoms with Crippen molar-refractivity contribution in [2.24, 2.45) is 0 Å². The zero-order chi connectivity index (χ0) is 21.3. The van der Waals surface area contributed by atoms with Crippen molar-refractivity contribution in [2.45, 2.75) is 13.0 Å². The Morgan fingerprint density at radius 3 is 2.60 bits per heavy atom. The van der Waals surface area contributed by atoms with Crippen LogP contribution < -0.4 is 10.6 Å². The third-order valence-corrected chi connectivity index (χ3v) is 4.76. The van der Waals surface area contributed by atoms with Gasteiger partial charge in [0, 0.05) is 30.0 Å². The van der Waals surface area contributed by atoms with Gasteiger partial charge in [0.15, 0.2) is 0 Å². The zero-order valence-electron chi connectivity index (χ0n) is 16.0. The average molecular weight is 471 g/mol. The monoisotopic (exact) mass is 470 g/mol. The molecule has 0 aliphatic carbocycles. The van der Waals surface area contributed by atoms with Gasteiger partial charge in [0.05, 0.1) is 11.9 Å². The summed E-state index contributed by atoms with van der Waals surface area (Å²) in [4.78, 5) is 29.2. The van der Waals surface area contributed by atoms with Gasteiger partial charge in [-0.05, 0) is 42.3 Å². The van der Waals surface area contributed by atoms with Crippen LogP contribution in [0.15, 0.2) is 77.4 Å². The van der Waals surface area contributed by atoms with E-state index >= 15 is 0 Å². The van der Waals surface area contributed by atoms with Crippen LogP contribution in [0.25, 0.3) is 6.08 Å². The summed E-state index contributed by atoms with van der Waals surface area (Å²) in [6, 6.07) is 12.9. The van der Waals surface area contributed by atoms with Crippen molar-refractivity contribution in [3.63, 3.8) is 0 Å². The fraction of sp³-hybridized carbons (Fsp3) is 0.136. The largest absolute Gasteiger partial charge is 0.351 e. The lowest BCUT2D eigenvalue weighted by Gasteiger charge is -2.12. The molecule has 154 valence electrons. The van der Waals surface area contributed by atoms with Crippen molar-refractivity contribution in [3.8, 4) is 0 Å². The number of imidazole rings is 1. The summed E-state index contributed by atoms with van der Waals surface area (Å²) >= 11 is 3.36. The first-order valence-corrected chi connectivity index (χ1v) is 10.1. The molecule has 0 aliphatic rings. The van der Waals surface area contributed by atoms with Crippen LogP contribution in [0.3, 0.4) is 0 Å². The first-order valence-electron chi connectivity index (χ1n) is 9.30. The molecular formula is C22H20BrFN4O2. The molecule has 30 heavy (non-hydrogen) atoms. The van der Waals surface area contributed by atoms with Crippen LogP contribution in [-0.2, 0) is 11.3 Å². The molecule has 6 nitrogen and oxygen atoms in total. The second kappa shape index (κ2) is 10.5. The number of aromatic nitrogens is 2. The Hall–Kier alpha value is -3.26. The van der Waals surface area contributed by atoms with E-state index in [1.807, 2.05) is 22.9 Å². The molecule has 0 fully saturated rings. The fourth-order valence-corrected chi connectivity index (χ4v) is 2.96. The number of halogens is 2. The van der Waals surface area contributed by atoms with E-state index in [1.54, 1.807) is 36.8 Å². The standard InChI is InChI=1S/C22H20BrFN4O2/c23-17-8-6-16(7-9-17)14-20(27-21(29)18-4-1-2-5-19(18)24)22(30)26-10-3-12-28-13-11-25-15-28/h1-2,4-9,11,13-15H,3,10,12H2,(H,26,30)(H,27,29). The van der Waals surface area contributed by atoms with E-state index in [4.69, 9.17) is 0 Å². The van der Waals surface area contributed by atoms with E-state index < -0.39 is 17.6 Å². The quantitative estimate of drug-likeness (QED) is 0.388. The molecule has 2 amide bonds. The minimum Gasteiger partial charge on any atom is -0.351 e. The summed E-state index contributed by atoms with van der Waals surface area (Å²) < 4.78 is 16.7. The van der Waals surface area contributed by atoms with Crippen molar-refractivity contribution in [1.29, 1.82) is 0 Å². The Balaban J connectivity index is 1.71. The van der Waals surface area contributed by atoms with E-state index in [1.165, 1.54) is 18.2 Å². The van der Waals surface area contributed by atoms with E-state index in [0.717, 1.165) is 10.0 Å². The zero-order valence-corrected chi connectivity index (χ0v) is 17.6. The maximum atomic E-state index is 14.0. The Morgan fingerprint density at radius 1 is 1.13 bits per heavy atom. The molecular weight excluding hydrogens is 451 g/mol. The summed E-state index contributed by atoms with van der Waals surface area (Å²) in [5.74, 6) is -1.79. The van der Waals surface area contributed by atoms with Crippen LogP contribution >= 0.6 is 15.9 Å². The van der Waals surface area contributed by atoms with Crippen molar-refractivity contribution < 1.29 is 14.0 Å². The molecule has 3 aromatic rings. The Bertz CT molecular complexity index is 1030. The molecule has 0 saturated carbocycles. The number of benzene rings is 2. The molecule has 0 aliphatic heterocycles. The summed E-state index contributed by atoms with van der Waals surface area (Å²) in [5.41, 5.74) is 0.621. The van der Waals surface area contributed by atoms with Crippen LogP contribution in [0.1, 0.15) is 22.3 Å². The number of nitrogens with zero attached hydrogens (tertiary/aromatic N) is 2. The average Bonchev–Trinajstić information content (AvgIpc) is 3.26. The highest BCUT2D eigenvalue weighted by atomic mass is 79.9. The molecule has 0 unspecified atom stereocenters. The van der Waals surface area contributed by atoms with Gasteiger partial charge in [-0.3, -0.25) is 9.59 Å². The Labute approximate surface area is 182 Å². The normalized spacial score (nSPS) is 11.2. The minimum absolute atomic E-state index is 0.0354. The number of aryl methyl sites for hydroxylation is 1. The van der Waals surface area contributed by atoms with Gasteiger partial charge in [-0.1, -0.05) is 40.2 Å². The SMILES string of the molecule is O=C(NCCCn1ccnc1)C(=Cc1ccc(Br)cc1)NC(=O)c1ccccc1F. The van der Waals surface area contributed by atoms with Crippen LogP contribution in [0.5, 0.6) is 0 Å². The van der Waals surface area contributed by atoms with Crippen LogP contribution in [-0.4, -0.2) is 27.9 Å². The number of rotatable bonds is 8. The van der Waals surface area contributed by atoms with Crippen LogP contribution in [0, 0.1) is 5.82 Å². The topological polar surface area (TPSA) is 76.0 Å². The molecule has 1 heterocycles. The molecule has 0 bridgehead atoms. The minimum atomic E-state index is -0.690. The van der Waals surface area contributed by atoms with E-state index in [-0.39, 0.29) is 11.3 Å². The van der Waals surface area contributed by atoms with E-state index in [9.17, 15) is 14.0 Å². The highest BCUT2D eigenvalue weighted by molar-refractivity contribution is 9.10. The summed E-state index contributed by atoms with van der Waals surface area (Å²) in [6.45, 7) is 1.11. The van der Waals surface area contributed by atoms with Gasteiger partial charge < -0.3 is 15.2 Å². The molecule has 2 N–H and O–H groups in total. The number of amides is 2. The number of hydrogen-bond acceptors (Lipinski definition) is 3. The molecule has 3 rings (SSSR count). The lowest BCUT2D eigenvalue weighted by molar-refractivity contribution is -0.117. The van der Waals surface area contributed by atoms with Crippen molar-refractivity contribution >= 4 is 33.8 Å². The maximum absolute atomic E-state index is 14.0. The van der Waals surface area contributed by atoms with Crippen LogP contribution in [0.4, 0.5) is 4.39 Å². The summed E-state index contributed by atoms with van der Waals surface area (Å²) in [7, 11) is 0. The maximum Gasteiger partial charge on any atom is 0.267 e. The summed E-state index contributed by atoms with van der Waals surface area (Å²) in [5, 5.41) is 5.32. The van der Waals surface area contributed by atoms with Gasteiger partial charge in [0.1, 0.15) is 11.5 Å². The molecule has 8 heteroatoms. The van der Waals surface area contributed by atoms with Gasteiger partial charge in [-0.15, -0.1) is 0 Å². The van der Waals surface area contributed by atoms with Crippen LogP contribution in [0.2, 0.25) is 0 Å². The predicted octanol–water partition coefficient (Wildman–Crippen LogP) is 3.76. The first-order chi connectivity index (χ1) is 14.5. The Kier molecular flexibility index (Phi) is 7.51. The third kappa shape index (κ3) is 6.12. The smallest absolute Gasteiger partial charge is 0.267 e. The molecule has 0 spiro atoms. The van der Waals surface area contributed by atoms with Crippen molar-refractivity contribution in [1.82, 2.24) is 20.2 Å².